The van der Waals surface area contributed by atoms with E-state index in [4.69, 9.17) is 4.74 Å². The van der Waals surface area contributed by atoms with Crippen LogP contribution >= 0.6 is 0 Å². The van der Waals surface area contributed by atoms with E-state index >= 15 is 0 Å². The molecule has 0 saturated heterocycles. The van der Waals surface area contributed by atoms with E-state index in [9.17, 15) is 9.59 Å². The molecular weight excluding hydrogens is 322 g/mol. The van der Waals surface area contributed by atoms with Gasteiger partial charge in [-0.25, -0.2) is 0 Å². The summed E-state index contributed by atoms with van der Waals surface area (Å²) in [6.45, 7) is 5.06. The molecule has 1 aliphatic rings. The van der Waals surface area contributed by atoms with Gasteiger partial charge in [0.2, 0.25) is 5.91 Å². The SMILES string of the molecule is CCn1cnnc1CNC(=O)CCN1C(=O)[C@@H](C)Oc2ccccc21. The molecule has 1 N–H and O–H groups in total. The number of hydrogen-bond donors (Lipinski definition) is 1. The number of rotatable bonds is 6. The molecule has 0 fully saturated rings. The van der Waals surface area contributed by atoms with Crippen molar-refractivity contribution in [1.82, 2.24) is 20.1 Å². The van der Waals surface area contributed by atoms with Gasteiger partial charge < -0.3 is 19.5 Å². The van der Waals surface area contributed by atoms with Gasteiger partial charge in [0.05, 0.1) is 12.2 Å². The molecule has 1 aromatic carbocycles. The molecule has 2 amide bonds. The van der Waals surface area contributed by atoms with Crippen molar-refractivity contribution in [3.05, 3.63) is 36.4 Å². The molecule has 0 saturated carbocycles. The molecule has 8 nitrogen and oxygen atoms in total. The van der Waals surface area contributed by atoms with Gasteiger partial charge in [0.15, 0.2) is 11.9 Å². The molecule has 0 radical (unpaired) electrons. The van der Waals surface area contributed by atoms with Crippen LogP contribution in [0.25, 0.3) is 0 Å². The maximum atomic E-state index is 12.4. The topological polar surface area (TPSA) is 89.4 Å². The maximum absolute atomic E-state index is 12.4. The van der Waals surface area contributed by atoms with Crippen molar-refractivity contribution in [3.8, 4) is 5.75 Å². The number of fused-ring (bicyclic) bond motifs is 1. The number of anilines is 1. The second-order valence-electron chi connectivity index (χ2n) is 5.78. The molecule has 1 aliphatic heterocycles. The summed E-state index contributed by atoms with van der Waals surface area (Å²) in [4.78, 5) is 26.1. The summed E-state index contributed by atoms with van der Waals surface area (Å²) in [5, 5.41) is 10.6. The summed E-state index contributed by atoms with van der Waals surface area (Å²) in [7, 11) is 0. The molecule has 0 bridgehead atoms. The summed E-state index contributed by atoms with van der Waals surface area (Å²) in [5.74, 6) is 1.08. The van der Waals surface area contributed by atoms with Crippen LogP contribution in [-0.2, 0) is 22.7 Å². The number of aromatic nitrogens is 3. The Morgan fingerprint density at radius 2 is 2.16 bits per heavy atom. The summed E-state index contributed by atoms with van der Waals surface area (Å²) >= 11 is 0. The molecule has 1 aromatic heterocycles. The van der Waals surface area contributed by atoms with Crippen molar-refractivity contribution < 1.29 is 14.3 Å². The Bertz CT molecular complexity index is 773. The highest BCUT2D eigenvalue weighted by atomic mass is 16.5. The van der Waals surface area contributed by atoms with Gasteiger partial charge >= 0.3 is 0 Å². The zero-order valence-corrected chi connectivity index (χ0v) is 14.3. The Balaban J connectivity index is 1.59. The van der Waals surface area contributed by atoms with Gasteiger partial charge in [-0.2, -0.15) is 0 Å². The Hall–Kier alpha value is -2.90. The first-order valence-electron chi connectivity index (χ1n) is 8.30. The largest absolute Gasteiger partial charge is 0.479 e. The van der Waals surface area contributed by atoms with Crippen LogP contribution in [0.2, 0.25) is 0 Å². The van der Waals surface area contributed by atoms with E-state index in [0.29, 0.717) is 30.4 Å². The van der Waals surface area contributed by atoms with Gasteiger partial charge in [0.25, 0.3) is 5.91 Å². The van der Waals surface area contributed by atoms with Crippen LogP contribution in [0, 0.1) is 0 Å². The average molecular weight is 343 g/mol. The fourth-order valence-electron chi connectivity index (χ4n) is 2.75. The van der Waals surface area contributed by atoms with Crippen molar-refractivity contribution in [2.75, 3.05) is 11.4 Å². The number of ether oxygens (including phenoxy) is 1. The van der Waals surface area contributed by atoms with E-state index in [1.807, 2.05) is 35.8 Å². The van der Waals surface area contributed by atoms with Crippen molar-refractivity contribution in [3.63, 3.8) is 0 Å². The zero-order valence-electron chi connectivity index (χ0n) is 14.3. The first kappa shape index (κ1) is 16.9. The van der Waals surface area contributed by atoms with Gasteiger partial charge in [-0.3, -0.25) is 9.59 Å². The molecule has 0 spiro atoms. The predicted molar refractivity (Wildman–Crippen MR) is 91.0 cm³/mol. The second kappa shape index (κ2) is 7.33. The fraction of sp³-hybridized carbons (Fsp3) is 0.412. The summed E-state index contributed by atoms with van der Waals surface area (Å²) in [6.07, 6.45) is 1.28. The van der Waals surface area contributed by atoms with Crippen LogP contribution in [0.4, 0.5) is 5.69 Å². The third-order valence-electron chi connectivity index (χ3n) is 4.12. The van der Waals surface area contributed by atoms with Crippen molar-refractivity contribution in [1.29, 1.82) is 0 Å². The smallest absolute Gasteiger partial charge is 0.267 e. The van der Waals surface area contributed by atoms with Crippen LogP contribution in [0.3, 0.4) is 0 Å². The Labute approximate surface area is 145 Å². The van der Waals surface area contributed by atoms with Crippen LogP contribution in [0.5, 0.6) is 5.75 Å². The quantitative estimate of drug-likeness (QED) is 0.849. The number of hydrogen-bond acceptors (Lipinski definition) is 5. The van der Waals surface area contributed by atoms with Crippen LogP contribution < -0.4 is 15.0 Å². The minimum absolute atomic E-state index is 0.141. The summed E-state index contributed by atoms with van der Waals surface area (Å²) in [5.41, 5.74) is 0.698. The van der Waals surface area contributed by atoms with E-state index < -0.39 is 6.10 Å². The highest BCUT2D eigenvalue weighted by Crippen LogP contribution is 2.33. The van der Waals surface area contributed by atoms with Crippen molar-refractivity contribution in [2.24, 2.45) is 0 Å². The lowest BCUT2D eigenvalue weighted by molar-refractivity contribution is -0.125. The number of nitrogens with one attached hydrogen (secondary N) is 1. The number of nitrogens with zero attached hydrogens (tertiary/aromatic N) is 4. The molecule has 2 heterocycles. The fourth-order valence-corrected chi connectivity index (χ4v) is 2.75. The van der Waals surface area contributed by atoms with Gasteiger partial charge in [0, 0.05) is 19.5 Å². The minimum Gasteiger partial charge on any atom is -0.479 e. The Kier molecular flexibility index (Phi) is 4.97. The van der Waals surface area contributed by atoms with Crippen molar-refractivity contribution >= 4 is 17.5 Å². The monoisotopic (exact) mass is 343 g/mol. The van der Waals surface area contributed by atoms with E-state index in [2.05, 4.69) is 15.5 Å². The lowest BCUT2D eigenvalue weighted by Gasteiger charge is -2.32. The Morgan fingerprint density at radius 3 is 2.96 bits per heavy atom. The predicted octanol–water partition coefficient (Wildman–Crippen LogP) is 1.12. The van der Waals surface area contributed by atoms with Gasteiger partial charge in [-0.05, 0) is 26.0 Å². The molecule has 0 aliphatic carbocycles. The zero-order chi connectivity index (χ0) is 17.8. The molecule has 132 valence electrons. The third-order valence-corrected chi connectivity index (χ3v) is 4.12. The number of benzene rings is 1. The molecular formula is C17H21N5O3. The lowest BCUT2D eigenvalue weighted by Crippen LogP contribution is -2.45. The molecule has 25 heavy (non-hydrogen) atoms. The number of carbonyl (C=O) groups excluding carboxylic acids is 2. The number of aryl methyl sites for hydroxylation is 1. The number of carbonyl (C=O) groups is 2. The highest BCUT2D eigenvalue weighted by Gasteiger charge is 2.31. The molecule has 2 aromatic rings. The van der Waals surface area contributed by atoms with Crippen LogP contribution in [0.15, 0.2) is 30.6 Å². The van der Waals surface area contributed by atoms with Gasteiger partial charge in [-0.1, -0.05) is 12.1 Å². The van der Waals surface area contributed by atoms with Crippen LogP contribution in [-0.4, -0.2) is 39.2 Å². The summed E-state index contributed by atoms with van der Waals surface area (Å²) in [6, 6.07) is 7.34. The van der Waals surface area contributed by atoms with E-state index in [0.717, 1.165) is 6.54 Å². The third kappa shape index (κ3) is 3.62. The normalized spacial score (nSPS) is 16.3. The highest BCUT2D eigenvalue weighted by molar-refractivity contribution is 6.00. The lowest BCUT2D eigenvalue weighted by atomic mass is 10.1. The van der Waals surface area contributed by atoms with Crippen molar-refractivity contribution in [2.45, 2.75) is 39.5 Å². The first-order valence-corrected chi connectivity index (χ1v) is 8.30. The van der Waals surface area contributed by atoms with Gasteiger partial charge in [-0.15, -0.1) is 10.2 Å². The first-order chi connectivity index (χ1) is 12.1. The second-order valence-corrected chi connectivity index (χ2v) is 5.78. The van der Waals surface area contributed by atoms with E-state index in [1.165, 1.54) is 0 Å². The number of amides is 2. The van der Waals surface area contributed by atoms with Gasteiger partial charge in [0.1, 0.15) is 12.1 Å². The van der Waals surface area contributed by atoms with Crippen LogP contribution in [0.1, 0.15) is 26.1 Å². The average Bonchev–Trinajstić information content (AvgIpc) is 3.08. The number of para-hydroxylation sites is 2. The summed E-state index contributed by atoms with van der Waals surface area (Å²) < 4.78 is 7.46. The molecule has 1 atom stereocenters. The molecule has 0 unspecified atom stereocenters. The van der Waals surface area contributed by atoms with E-state index in [-0.39, 0.29) is 18.2 Å². The minimum atomic E-state index is -0.555. The Morgan fingerprint density at radius 1 is 1.36 bits per heavy atom. The van der Waals surface area contributed by atoms with E-state index in [1.54, 1.807) is 18.2 Å². The molecule has 3 rings (SSSR count). The standard InChI is InChI=1S/C17H21N5O3/c1-3-21-11-19-20-15(21)10-18-16(23)8-9-22-13-6-4-5-7-14(13)25-12(2)17(22)24/h4-7,11-12H,3,8-10H2,1-2H3,(H,18,23)/t12-/m1/s1. The maximum Gasteiger partial charge on any atom is 0.267 e. The molecule has 8 heteroatoms.